The van der Waals surface area contributed by atoms with Crippen LogP contribution in [0.2, 0.25) is 5.02 Å². The van der Waals surface area contributed by atoms with E-state index in [9.17, 15) is 9.59 Å². The monoisotopic (exact) mass is 290 g/mol. The molecule has 20 heavy (non-hydrogen) atoms. The van der Waals surface area contributed by atoms with E-state index in [1.807, 2.05) is 6.07 Å². The Morgan fingerprint density at radius 1 is 1.35 bits per heavy atom. The van der Waals surface area contributed by atoms with Crippen LogP contribution in [-0.2, 0) is 4.79 Å². The van der Waals surface area contributed by atoms with Crippen molar-refractivity contribution in [2.24, 2.45) is 0 Å². The lowest BCUT2D eigenvalue weighted by molar-refractivity contribution is -0.138. The number of carboxylic acid groups (broad SMARTS) is 1. The molecule has 0 saturated carbocycles. The first-order valence-electron chi connectivity index (χ1n) is 5.95. The van der Waals surface area contributed by atoms with E-state index >= 15 is 0 Å². The van der Waals surface area contributed by atoms with Crippen LogP contribution >= 0.6 is 11.6 Å². The van der Waals surface area contributed by atoms with Crippen molar-refractivity contribution < 1.29 is 14.7 Å². The fourth-order valence-electron chi connectivity index (χ4n) is 2.03. The van der Waals surface area contributed by atoms with E-state index in [2.05, 4.69) is 5.32 Å². The average molecular weight is 291 g/mol. The summed E-state index contributed by atoms with van der Waals surface area (Å²) in [7, 11) is 0. The summed E-state index contributed by atoms with van der Waals surface area (Å²) in [5.74, 6) is -1.42. The van der Waals surface area contributed by atoms with Gasteiger partial charge in [-0.2, -0.15) is 5.26 Å². The zero-order valence-electron chi connectivity index (χ0n) is 10.4. The maximum Gasteiger partial charge on any atom is 0.326 e. The van der Waals surface area contributed by atoms with Crippen LogP contribution in [0.1, 0.15) is 23.2 Å². The molecule has 1 aliphatic heterocycles. The summed E-state index contributed by atoms with van der Waals surface area (Å²) in [5, 5.41) is 21.3. The second kappa shape index (κ2) is 5.76. The molecule has 1 saturated heterocycles. The summed E-state index contributed by atoms with van der Waals surface area (Å²) >= 11 is 5.74. The second-order valence-electron chi connectivity index (χ2n) is 4.38. The minimum Gasteiger partial charge on any atom is -0.480 e. The quantitative estimate of drug-likeness (QED) is 0.506. The Morgan fingerprint density at radius 3 is 2.50 bits per heavy atom. The molecule has 1 unspecified atom stereocenters. The number of carbonyl (C=O) groups excluding carboxylic acids is 1. The van der Waals surface area contributed by atoms with E-state index in [1.54, 1.807) is 12.1 Å². The molecule has 1 fully saturated rings. The van der Waals surface area contributed by atoms with Crippen molar-refractivity contribution >= 4 is 23.4 Å². The first-order valence-corrected chi connectivity index (χ1v) is 6.33. The number of allylic oxidation sites excluding steroid dienone is 2. The molecule has 1 aliphatic rings. The van der Waals surface area contributed by atoms with Crippen LogP contribution in [0.5, 0.6) is 0 Å². The van der Waals surface area contributed by atoms with Gasteiger partial charge in [0.05, 0.1) is 0 Å². The SMILES string of the molecule is N#CC(C(=O)c1ccc(Cl)cc1)=C1CCC(C(=O)O)N1. The van der Waals surface area contributed by atoms with Crippen molar-refractivity contribution in [3.05, 3.63) is 46.1 Å². The highest BCUT2D eigenvalue weighted by atomic mass is 35.5. The van der Waals surface area contributed by atoms with Crippen molar-refractivity contribution in [3.63, 3.8) is 0 Å². The average Bonchev–Trinajstić information content (AvgIpc) is 2.90. The topological polar surface area (TPSA) is 90.2 Å². The van der Waals surface area contributed by atoms with Crippen molar-refractivity contribution in [2.75, 3.05) is 0 Å². The van der Waals surface area contributed by atoms with Gasteiger partial charge < -0.3 is 10.4 Å². The maximum absolute atomic E-state index is 12.2. The Hall–Kier alpha value is -2.32. The van der Waals surface area contributed by atoms with Crippen LogP contribution in [0.25, 0.3) is 0 Å². The van der Waals surface area contributed by atoms with Gasteiger partial charge in [-0.1, -0.05) is 11.6 Å². The van der Waals surface area contributed by atoms with Gasteiger partial charge in [-0.3, -0.25) is 4.79 Å². The van der Waals surface area contributed by atoms with Gasteiger partial charge in [0.15, 0.2) is 0 Å². The number of aliphatic carboxylic acids is 1. The number of nitrogens with one attached hydrogen (secondary N) is 1. The first kappa shape index (κ1) is 14.1. The Balaban J connectivity index is 2.29. The minimum atomic E-state index is -0.990. The number of carbonyl (C=O) groups is 2. The van der Waals surface area contributed by atoms with Crippen LogP contribution in [-0.4, -0.2) is 22.9 Å². The third-order valence-corrected chi connectivity index (χ3v) is 3.33. The number of rotatable bonds is 3. The van der Waals surface area contributed by atoms with E-state index in [0.717, 1.165) is 0 Å². The van der Waals surface area contributed by atoms with Crippen molar-refractivity contribution in [1.82, 2.24) is 5.32 Å². The molecule has 0 aromatic heterocycles. The van der Waals surface area contributed by atoms with Crippen LogP contribution in [0.4, 0.5) is 0 Å². The Morgan fingerprint density at radius 2 is 2.00 bits per heavy atom. The first-order chi connectivity index (χ1) is 9.52. The minimum absolute atomic E-state index is 0.0453. The molecule has 0 amide bonds. The molecule has 1 aromatic carbocycles. The van der Waals surface area contributed by atoms with Gasteiger partial charge in [-0.05, 0) is 37.1 Å². The van der Waals surface area contributed by atoms with E-state index in [-0.39, 0.29) is 5.57 Å². The molecule has 6 heteroatoms. The summed E-state index contributed by atoms with van der Waals surface area (Å²) in [6, 6.07) is 7.31. The van der Waals surface area contributed by atoms with Crippen LogP contribution in [0.3, 0.4) is 0 Å². The molecule has 2 rings (SSSR count). The Labute approximate surface area is 120 Å². The number of hydrogen-bond donors (Lipinski definition) is 2. The van der Waals surface area contributed by atoms with E-state index in [1.165, 1.54) is 12.1 Å². The summed E-state index contributed by atoms with van der Waals surface area (Å²) in [6.45, 7) is 0. The number of nitriles is 1. The van der Waals surface area contributed by atoms with Crippen LogP contribution < -0.4 is 5.32 Å². The van der Waals surface area contributed by atoms with Gasteiger partial charge in [0.2, 0.25) is 5.78 Å². The molecule has 102 valence electrons. The third kappa shape index (κ3) is 2.81. The lowest BCUT2D eigenvalue weighted by atomic mass is 10.0. The zero-order chi connectivity index (χ0) is 14.7. The largest absolute Gasteiger partial charge is 0.480 e. The highest BCUT2D eigenvalue weighted by Crippen LogP contribution is 2.22. The Kier molecular flexibility index (Phi) is 4.06. The van der Waals surface area contributed by atoms with Crippen molar-refractivity contribution in [2.45, 2.75) is 18.9 Å². The lowest BCUT2D eigenvalue weighted by Crippen LogP contribution is -2.30. The number of ketones is 1. The molecule has 0 bridgehead atoms. The van der Waals surface area contributed by atoms with Gasteiger partial charge in [0, 0.05) is 16.3 Å². The van der Waals surface area contributed by atoms with E-state index in [0.29, 0.717) is 29.1 Å². The fourth-order valence-corrected chi connectivity index (χ4v) is 2.15. The highest BCUT2D eigenvalue weighted by Gasteiger charge is 2.28. The molecule has 1 atom stereocenters. The maximum atomic E-state index is 12.2. The smallest absolute Gasteiger partial charge is 0.326 e. The number of carboxylic acids is 1. The number of nitrogens with zero attached hydrogens (tertiary/aromatic N) is 1. The van der Waals surface area contributed by atoms with E-state index < -0.39 is 17.8 Å². The summed E-state index contributed by atoms with van der Waals surface area (Å²) in [6.07, 6.45) is 0.739. The van der Waals surface area contributed by atoms with Crippen LogP contribution in [0, 0.1) is 11.3 Å². The standard InChI is InChI=1S/C14H11ClN2O3/c15-9-3-1-8(2-4-9)13(18)10(7-16)11-5-6-12(17-11)14(19)20/h1-4,12,17H,5-6H2,(H,19,20). The predicted molar refractivity (Wildman–Crippen MR) is 72.2 cm³/mol. The summed E-state index contributed by atoms with van der Waals surface area (Å²) < 4.78 is 0. The normalized spacial score (nSPS) is 19.9. The van der Waals surface area contributed by atoms with Gasteiger partial charge in [-0.25, -0.2) is 4.79 Å². The molecular formula is C14H11ClN2O3. The van der Waals surface area contributed by atoms with Gasteiger partial charge in [0.1, 0.15) is 17.7 Å². The Bertz CT molecular complexity index is 629. The third-order valence-electron chi connectivity index (χ3n) is 3.08. The van der Waals surface area contributed by atoms with Crippen molar-refractivity contribution in [1.29, 1.82) is 5.26 Å². The molecule has 0 radical (unpaired) electrons. The molecule has 5 nitrogen and oxygen atoms in total. The van der Waals surface area contributed by atoms with Gasteiger partial charge in [-0.15, -0.1) is 0 Å². The van der Waals surface area contributed by atoms with Crippen LogP contribution in [0.15, 0.2) is 35.5 Å². The molecule has 1 aromatic rings. The molecule has 1 heterocycles. The van der Waals surface area contributed by atoms with Gasteiger partial charge in [0.25, 0.3) is 0 Å². The second-order valence-corrected chi connectivity index (χ2v) is 4.81. The number of benzene rings is 1. The molecule has 0 spiro atoms. The number of halogens is 1. The summed E-state index contributed by atoms with van der Waals surface area (Å²) in [5.41, 5.74) is 0.690. The van der Waals surface area contributed by atoms with Crippen molar-refractivity contribution in [3.8, 4) is 6.07 Å². The zero-order valence-corrected chi connectivity index (χ0v) is 11.1. The molecule has 0 aliphatic carbocycles. The number of hydrogen-bond acceptors (Lipinski definition) is 4. The van der Waals surface area contributed by atoms with Gasteiger partial charge >= 0.3 is 5.97 Å². The lowest BCUT2D eigenvalue weighted by Gasteiger charge is -2.07. The predicted octanol–water partition coefficient (Wildman–Crippen LogP) is 2.14. The summed E-state index contributed by atoms with van der Waals surface area (Å²) in [4.78, 5) is 23.1. The highest BCUT2D eigenvalue weighted by molar-refractivity contribution is 6.30. The number of Topliss-reactive ketones (excluding diaryl/α,β-unsaturated/α-hetero) is 1. The van der Waals surface area contributed by atoms with E-state index in [4.69, 9.17) is 22.0 Å². The molecular weight excluding hydrogens is 280 g/mol. The molecule has 2 N–H and O–H groups in total. The fraction of sp³-hybridized carbons (Fsp3) is 0.214.